The quantitative estimate of drug-likeness (QED) is 0.555. The minimum Gasteiger partial charge on any atom is -0.361 e. The lowest BCUT2D eigenvalue weighted by atomic mass is 10.0. The van der Waals surface area contributed by atoms with E-state index in [1.807, 2.05) is 36.6 Å². The van der Waals surface area contributed by atoms with Crippen molar-refractivity contribution in [2.75, 3.05) is 5.32 Å². The monoisotopic (exact) mass is 384 g/mol. The van der Waals surface area contributed by atoms with E-state index in [-0.39, 0.29) is 17.6 Å². The summed E-state index contributed by atoms with van der Waals surface area (Å²) < 4.78 is 1.94. The maximum atomic E-state index is 13.3. The number of fused-ring (bicyclic) bond motifs is 2. The molecule has 2 N–H and O–H groups in total. The van der Waals surface area contributed by atoms with Gasteiger partial charge in [0.05, 0.1) is 22.4 Å². The summed E-state index contributed by atoms with van der Waals surface area (Å²) in [6.07, 6.45) is 5.14. The summed E-state index contributed by atoms with van der Waals surface area (Å²) >= 11 is 0. The Bertz CT molecular complexity index is 1360. The van der Waals surface area contributed by atoms with Crippen molar-refractivity contribution in [1.82, 2.24) is 19.5 Å². The molecule has 0 aliphatic heterocycles. The first-order chi connectivity index (χ1) is 14.1. The van der Waals surface area contributed by atoms with Crippen LogP contribution in [-0.4, -0.2) is 19.5 Å². The number of nitrogens with one attached hydrogen (secondary N) is 2. The van der Waals surface area contributed by atoms with E-state index >= 15 is 0 Å². The van der Waals surface area contributed by atoms with Crippen LogP contribution in [0.4, 0.5) is 5.82 Å². The van der Waals surface area contributed by atoms with Gasteiger partial charge in [0.2, 0.25) is 0 Å². The van der Waals surface area contributed by atoms with Gasteiger partial charge in [0.15, 0.2) is 0 Å². The molecule has 0 spiro atoms. The predicted octanol–water partition coefficient (Wildman–Crippen LogP) is 3.96. The zero-order valence-electron chi connectivity index (χ0n) is 16.2. The Labute approximate surface area is 167 Å². The molecule has 29 heavy (non-hydrogen) atoms. The van der Waals surface area contributed by atoms with E-state index in [1.54, 1.807) is 6.20 Å². The second kappa shape index (κ2) is 6.45. The van der Waals surface area contributed by atoms with Gasteiger partial charge in [0.25, 0.3) is 5.56 Å². The Balaban J connectivity index is 1.65. The molecular weight excluding hydrogens is 364 g/mol. The van der Waals surface area contributed by atoms with Crippen molar-refractivity contribution in [2.45, 2.75) is 38.8 Å². The van der Waals surface area contributed by atoms with Crippen LogP contribution in [0.2, 0.25) is 0 Å². The second-order valence-electron chi connectivity index (χ2n) is 7.64. The first kappa shape index (κ1) is 17.4. The molecule has 1 atom stereocenters. The summed E-state index contributed by atoms with van der Waals surface area (Å²) in [5, 5.41) is 15.2. The molecule has 5 rings (SSSR count). The number of benzene rings is 1. The molecule has 0 radical (unpaired) electrons. The van der Waals surface area contributed by atoms with Gasteiger partial charge >= 0.3 is 0 Å². The smallest absolute Gasteiger partial charge is 0.259 e. The maximum Gasteiger partial charge on any atom is 0.259 e. The summed E-state index contributed by atoms with van der Waals surface area (Å²) in [5.74, 6) is 0.583. The second-order valence-corrected chi connectivity index (χ2v) is 7.64. The van der Waals surface area contributed by atoms with Gasteiger partial charge in [-0.2, -0.15) is 5.26 Å². The van der Waals surface area contributed by atoms with Gasteiger partial charge in [0.1, 0.15) is 23.9 Å². The Kier molecular flexibility index (Phi) is 3.88. The standard InChI is InChI=1S/C22H20N6O/c1-12-4-3-5-14-8-17(28(16-6-7-16)22(29)18(12)14)13(2)27-21-19-15(9-23)10-24-20(19)25-11-26-21/h3-5,8,10-11,13,16H,6-7H2,1-2H3,(H2,24,25,26,27)/t13-/m0/s1. The Morgan fingerprint density at radius 2 is 2.14 bits per heavy atom. The number of anilines is 1. The highest BCUT2D eigenvalue weighted by atomic mass is 16.1. The van der Waals surface area contributed by atoms with Crippen LogP contribution >= 0.6 is 0 Å². The molecule has 0 bridgehead atoms. The fourth-order valence-electron chi connectivity index (χ4n) is 4.05. The zero-order valence-corrected chi connectivity index (χ0v) is 16.2. The summed E-state index contributed by atoms with van der Waals surface area (Å²) in [6.45, 7) is 4.00. The maximum absolute atomic E-state index is 13.3. The Hall–Kier alpha value is -3.66. The molecule has 144 valence electrons. The van der Waals surface area contributed by atoms with Crippen molar-refractivity contribution in [2.24, 2.45) is 0 Å². The number of rotatable bonds is 4. The number of hydrogen-bond donors (Lipinski definition) is 2. The predicted molar refractivity (Wildman–Crippen MR) is 112 cm³/mol. The van der Waals surface area contributed by atoms with E-state index in [1.165, 1.54) is 6.33 Å². The number of aromatic nitrogens is 4. The molecule has 0 unspecified atom stereocenters. The molecule has 7 nitrogen and oxygen atoms in total. The Morgan fingerprint density at radius 3 is 2.90 bits per heavy atom. The SMILES string of the molecule is Cc1cccc2cc([C@H](C)Nc3ncnc4[nH]cc(C#N)c34)n(C3CC3)c(=O)c12. The van der Waals surface area contributed by atoms with Gasteiger partial charge in [-0.3, -0.25) is 4.79 Å². The lowest BCUT2D eigenvalue weighted by Crippen LogP contribution is -2.26. The summed E-state index contributed by atoms with van der Waals surface area (Å²) in [5.41, 5.74) is 3.09. The summed E-state index contributed by atoms with van der Waals surface area (Å²) in [6, 6.07) is 10.3. The number of nitrogens with zero attached hydrogens (tertiary/aromatic N) is 4. The van der Waals surface area contributed by atoms with Crippen LogP contribution in [-0.2, 0) is 0 Å². The van der Waals surface area contributed by atoms with Crippen LogP contribution in [0.1, 0.15) is 48.7 Å². The van der Waals surface area contributed by atoms with E-state index in [4.69, 9.17) is 0 Å². The lowest BCUT2D eigenvalue weighted by molar-refractivity contribution is 0.636. The number of hydrogen-bond acceptors (Lipinski definition) is 5. The number of aryl methyl sites for hydroxylation is 1. The van der Waals surface area contributed by atoms with Crippen molar-refractivity contribution in [3.8, 4) is 6.07 Å². The molecule has 3 aromatic heterocycles. The van der Waals surface area contributed by atoms with Crippen LogP contribution < -0.4 is 10.9 Å². The van der Waals surface area contributed by atoms with Gasteiger partial charge in [-0.15, -0.1) is 0 Å². The number of pyridine rings is 1. The van der Waals surface area contributed by atoms with Crippen molar-refractivity contribution >= 4 is 27.6 Å². The van der Waals surface area contributed by atoms with Crippen LogP contribution in [0.5, 0.6) is 0 Å². The van der Waals surface area contributed by atoms with Gasteiger partial charge in [0, 0.05) is 17.9 Å². The molecule has 1 saturated carbocycles. The first-order valence-corrected chi connectivity index (χ1v) is 9.72. The van der Waals surface area contributed by atoms with Crippen LogP contribution in [0, 0.1) is 18.3 Å². The van der Waals surface area contributed by atoms with Gasteiger partial charge in [-0.05, 0) is 43.7 Å². The molecule has 1 aliphatic rings. The molecule has 1 aliphatic carbocycles. The first-order valence-electron chi connectivity index (χ1n) is 9.72. The number of H-pyrrole nitrogens is 1. The third-order valence-electron chi connectivity index (χ3n) is 5.62. The molecule has 1 fully saturated rings. The molecular formula is C22H20N6O. The average Bonchev–Trinajstić information content (AvgIpc) is 3.45. The largest absolute Gasteiger partial charge is 0.361 e. The fraction of sp³-hybridized carbons (Fsp3) is 0.273. The molecule has 4 aromatic rings. The van der Waals surface area contributed by atoms with Crippen LogP contribution in [0.3, 0.4) is 0 Å². The number of nitriles is 1. The molecule has 0 amide bonds. The summed E-state index contributed by atoms with van der Waals surface area (Å²) in [7, 11) is 0. The Morgan fingerprint density at radius 1 is 1.31 bits per heavy atom. The molecule has 7 heteroatoms. The minimum absolute atomic E-state index is 0.0685. The summed E-state index contributed by atoms with van der Waals surface area (Å²) in [4.78, 5) is 24.9. The molecule has 3 heterocycles. The van der Waals surface area contributed by atoms with Crippen molar-refractivity contribution in [3.05, 3.63) is 64.0 Å². The highest BCUT2D eigenvalue weighted by Gasteiger charge is 2.29. The molecule has 1 aromatic carbocycles. The van der Waals surface area contributed by atoms with Crippen molar-refractivity contribution in [1.29, 1.82) is 5.26 Å². The van der Waals surface area contributed by atoms with Crippen LogP contribution in [0.25, 0.3) is 21.8 Å². The van der Waals surface area contributed by atoms with Gasteiger partial charge in [-0.1, -0.05) is 18.2 Å². The average molecular weight is 384 g/mol. The fourth-order valence-corrected chi connectivity index (χ4v) is 4.05. The number of aromatic amines is 1. The third kappa shape index (κ3) is 2.76. The van der Waals surface area contributed by atoms with Crippen LogP contribution in [0.15, 0.2) is 41.6 Å². The van der Waals surface area contributed by atoms with E-state index in [2.05, 4.69) is 32.4 Å². The third-order valence-corrected chi connectivity index (χ3v) is 5.62. The zero-order chi connectivity index (χ0) is 20.1. The van der Waals surface area contributed by atoms with E-state index in [0.29, 0.717) is 22.4 Å². The van der Waals surface area contributed by atoms with Gasteiger partial charge < -0.3 is 14.9 Å². The highest BCUT2D eigenvalue weighted by molar-refractivity contribution is 5.92. The van der Waals surface area contributed by atoms with E-state index in [9.17, 15) is 10.1 Å². The lowest BCUT2D eigenvalue weighted by Gasteiger charge is -2.21. The molecule has 0 saturated heterocycles. The van der Waals surface area contributed by atoms with Crippen molar-refractivity contribution in [3.63, 3.8) is 0 Å². The normalized spacial score (nSPS) is 14.8. The highest BCUT2D eigenvalue weighted by Crippen LogP contribution is 2.37. The van der Waals surface area contributed by atoms with E-state index in [0.717, 1.165) is 34.9 Å². The minimum atomic E-state index is -0.173. The van der Waals surface area contributed by atoms with Gasteiger partial charge in [-0.25, -0.2) is 9.97 Å². The van der Waals surface area contributed by atoms with Crippen molar-refractivity contribution < 1.29 is 0 Å². The van der Waals surface area contributed by atoms with E-state index < -0.39 is 0 Å². The topological polar surface area (TPSA) is 99.4 Å².